The molecule has 1 fully saturated rings. The smallest absolute Gasteiger partial charge is 0.407 e. The molecule has 1 aliphatic heterocycles. The van der Waals surface area contributed by atoms with Gasteiger partial charge in [0.2, 0.25) is 0 Å². The summed E-state index contributed by atoms with van der Waals surface area (Å²) in [6, 6.07) is 0.0991. The molecule has 0 bridgehead atoms. The Morgan fingerprint density at radius 3 is 2.67 bits per heavy atom. The first-order valence-corrected chi connectivity index (χ1v) is 8.96. The summed E-state index contributed by atoms with van der Waals surface area (Å²) in [5.74, 6) is 0.926. The molecule has 1 aliphatic rings. The van der Waals surface area contributed by atoms with Crippen molar-refractivity contribution in [3.05, 3.63) is 0 Å². The van der Waals surface area contributed by atoms with Crippen LogP contribution in [0.25, 0.3) is 0 Å². The monoisotopic (exact) mass is 341 g/mol. The summed E-state index contributed by atoms with van der Waals surface area (Å²) in [6.07, 6.45) is 0.555. The Morgan fingerprint density at radius 1 is 1.38 bits per heavy atom. The third-order valence-electron chi connectivity index (χ3n) is 3.83. The molecule has 1 amide bonds. The minimum absolute atomic E-state index is 0.0991. The van der Waals surface area contributed by atoms with Crippen molar-refractivity contribution < 1.29 is 9.53 Å². The highest BCUT2D eigenvalue weighted by molar-refractivity contribution is 5.80. The Kier molecular flexibility index (Phi) is 8.31. The van der Waals surface area contributed by atoms with Crippen molar-refractivity contribution in [1.82, 2.24) is 20.4 Å². The molecule has 140 valence electrons. The van der Waals surface area contributed by atoms with E-state index in [2.05, 4.69) is 41.3 Å². The van der Waals surface area contributed by atoms with Gasteiger partial charge in [-0.2, -0.15) is 0 Å². The molecule has 0 aromatic heterocycles. The van der Waals surface area contributed by atoms with Crippen LogP contribution in [0.1, 0.15) is 41.0 Å². The number of alkyl carbamates (subject to hydrolysis) is 1. The second kappa shape index (κ2) is 9.71. The average Bonchev–Trinajstić information content (AvgIpc) is 2.92. The Bertz CT molecular complexity index is 420. The van der Waals surface area contributed by atoms with E-state index >= 15 is 0 Å². The number of hydrogen-bond donors (Lipinski definition) is 2. The Balaban J connectivity index is 2.50. The van der Waals surface area contributed by atoms with Gasteiger partial charge in [-0.1, -0.05) is 6.92 Å². The highest BCUT2D eigenvalue weighted by Gasteiger charge is 2.27. The van der Waals surface area contributed by atoms with Gasteiger partial charge in [0.05, 0.1) is 12.6 Å². The summed E-state index contributed by atoms with van der Waals surface area (Å²) in [6.45, 7) is 15.0. The van der Waals surface area contributed by atoms with Crippen molar-refractivity contribution in [2.24, 2.45) is 4.99 Å². The quantitative estimate of drug-likeness (QED) is 0.566. The fourth-order valence-electron chi connectivity index (χ4n) is 2.46. The molecule has 7 nitrogen and oxygen atoms in total. The topological polar surface area (TPSA) is 69.2 Å². The van der Waals surface area contributed by atoms with E-state index in [0.29, 0.717) is 0 Å². The van der Waals surface area contributed by atoms with Crippen LogP contribution in [0.5, 0.6) is 0 Å². The van der Waals surface area contributed by atoms with Gasteiger partial charge in [-0.05, 0) is 47.7 Å². The van der Waals surface area contributed by atoms with E-state index in [-0.39, 0.29) is 12.1 Å². The normalized spacial score (nSPS) is 18.9. The molecule has 1 rings (SSSR count). The Hall–Kier alpha value is -1.50. The number of ether oxygens (including phenoxy) is 1. The number of nitrogens with zero attached hydrogens (tertiary/aromatic N) is 3. The molecule has 1 atom stereocenters. The van der Waals surface area contributed by atoms with Gasteiger partial charge in [0.25, 0.3) is 0 Å². The highest BCUT2D eigenvalue weighted by atomic mass is 16.6. The lowest BCUT2D eigenvalue weighted by Gasteiger charge is -2.23. The van der Waals surface area contributed by atoms with E-state index in [9.17, 15) is 4.79 Å². The minimum atomic E-state index is -0.468. The van der Waals surface area contributed by atoms with Crippen molar-refractivity contribution in [2.75, 3.05) is 46.3 Å². The second-order valence-electron chi connectivity index (χ2n) is 7.21. The lowest BCUT2D eigenvalue weighted by Crippen LogP contribution is -2.44. The summed E-state index contributed by atoms with van der Waals surface area (Å²) >= 11 is 0. The lowest BCUT2D eigenvalue weighted by molar-refractivity contribution is 0.0507. The van der Waals surface area contributed by atoms with E-state index in [1.807, 2.05) is 20.8 Å². The number of likely N-dealkylation sites (tertiary alicyclic amines) is 1. The van der Waals surface area contributed by atoms with Crippen LogP contribution in [0.4, 0.5) is 4.79 Å². The predicted molar refractivity (Wildman–Crippen MR) is 98.5 cm³/mol. The number of likely N-dealkylation sites (N-methyl/N-ethyl adjacent to an activating group) is 1. The van der Waals surface area contributed by atoms with E-state index in [1.165, 1.54) is 0 Å². The molecule has 1 heterocycles. The van der Waals surface area contributed by atoms with Crippen LogP contribution in [0.3, 0.4) is 0 Å². The molecule has 0 saturated carbocycles. The van der Waals surface area contributed by atoms with Crippen molar-refractivity contribution in [3.8, 4) is 0 Å². The van der Waals surface area contributed by atoms with Crippen LogP contribution in [-0.4, -0.2) is 79.8 Å². The van der Waals surface area contributed by atoms with Crippen LogP contribution < -0.4 is 10.6 Å². The zero-order valence-electron chi connectivity index (χ0n) is 16.2. The van der Waals surface area contributed by atoms with E-state index in [4.69, 9.17) is 9.73 Å². The molecule has 0 radical (unpaired) electrons. The number of nitrogens with one attached hydrogen (secondary N) is 2. The van der Waals surface area contributed by atoms with Crippen LogP contribution in [0.2, 0.25) is 0 Å². The predicted octanol–water partition coefficient (Wildman–Crippen LogP) is 1.50. The van der Waals surface area contributed by atoms with Crippen molar-refractivity contribution in [2.45, 2.75) is 52.7 Å². The van der Waals surface area contributed by atoms with Crippen molar-refractivity contribution >= 4 is 12.1 Å². The molecule has 1 saturated heterocycles. The fourth-order valence-corrected chi connectivity index (χ4v) is 2.46. The molecule has 0 aliphatic carbocycles. The number of rotatable bonds is 6. The summed E-state index contributed by atoms with van der Waals surface area (Å²) in [5, 5.41) is 6.29. The van der Waals surface area contributed by atoms with Gasteiger partial charge in [0, 0.05) is 26.2 Å². The maximum Gasteiger partial charge on any atom is 0.407 e. The first kappa shape index (κ1) is 20.5. The standard InChI is InChI=1S/C17H35N5O2/c1-7-18-15(19-10-12-21(6)8-2)22-11-9-14(13-22)20-16(23)24-17(3,4)5/h14H,7-13H2,1-6H3,(H,18,19)(H,20,23). The number of aliphatic imine (C=N–C) groups is 1. The molecule has 7 heteroatoms. The average molecular weight is 342 g/mol. The summed E-state index contributed by atoms with van der Waals surface area (Å²) in [4.78, 5) is 21.0. The number of hydrogen-bond acceptors (Lipinski definition) is 4. The van der Waals surface area contributed by atoms with Gasteiger partial charge in [0.1, 0.15) is 5.60 Å². The number of carbonyl (C=O) groups is 1. The molecule has 0 aromatic carbocycles. The Morgan fingerprint density at radius 2 is 2.08 bits per heavy atom. The lowest BCUT2D eigenvalue weighted by atomic mass is 10.2. The molecule has 2 N–H and O–H groups in total. The molecule has 1 unspecified atom stereocenters. The SMILES string of the molecule is CCNC(=NCCN(C)CC)N1CCC(NC(=O)OC(C)(C)C)C1. The van der Waals surface area contributed by atoms with Gasteiger partial charge >= 0.3 is 6.09 Å². The second-order valence-corrected chi connectivity index (χ2v) is 7.21. The summed E-state index contributed by atoms with van der Waals surface area (Å²) in [7, 11) is 2.10. The number of guanidine groups is 1. The van der Waals surface area contributed by atoms with Gasteiger partial charge < -0.3 is 25.2 Å². The molecule has 0 aromatic rings. The zero-order chi connectivity index (χ0) is 18.2. The van der Waals surface area contributed by atoms with E-state index in [0.717, 1.165) is 51.6 Å². The zero-order valence-corrected chi connectivity index (χ0v) is 16.2. The molecule has 0 spiro atoms. The van der Waals surface area contributed by atoms with Gasteiger partial charge in [-0.25, -0.2) is 4.79 Å². The fraction of sp³-hybridized carbons (Fsp3) is 0.882. The van der Waals surface area contributed by atoms with Crippen LogP contribution in [0.15, 0.2) is 4.99 Å². The minimum Gasteiger partial charge on any atom is -0.444 e. The van der Waals surface area contributed by atoms with Crippen molar-refractivity contribution in [3.63, 3.8) is 0 Å². The third-order valence-corrected chi connectivity index (χ3v) is 3.83. The number of carbonyl (C=O) groups excluding carboxylic acids is 1. The van der Waals surface area contributed by atoms with Gasteiger partial charge in [-0.15, -0.1) is 0 Å². The van der Waals surface area contributed by atoms with Gasteiger partial charge in [0.15, 0.2) is 5.96 Å². The highest BCUT2D eigenvalue weighted by Crippen LogP contribution is 2.12. The largest absolute Gasteiger partial charge is 0.444 e. The first-order valence-electron chi connectivity index (χ1n) is 8.96. The maximum atomic E-state index is 11.9. The molecular weight excluding hydrogens is 306 g/mol. The summed E-state index contributed by atoms with van der Waals surface area (Å²) in [5.41, 5.74) is -0.468. The number of amides is 1. The molecular formula is C17H35N5O2. The first-order chi connectivity index (χ1) is 11.2. The van der Waals surface area contributed by atoms with Crippen LogP contribution in [0, 0.1) is 0 Å². The van der Waals surface area contributed by atoms with Crippen LogP contribution >= 0.6 is 0 Å². The van der Waals surface area contributed by atoms with Crippen LogP contribution in [-0.2, 0) is 4.74 Å². The van der Waals surface area contributed by atoms with E-state index < -0.39 is 5.60 Å². The Labute approximate surface area is 146 Å². The summed E-state index contributed by atoms with van der Waals surface area (Å²) < 4.78 is 5.33. The van der Waals surface area contributed by atoms with E-state index in [1.54, 1.807) is 0 Å². The van der Waals surface area contributed by atoms with Crippen molar-refractivity contribution in [1.29, 1.82) is 0 Å². The molecule has 24 heavy (non-hydrogen) atoms. The van der Waals surface area contributed by atoms with Gasteiger partial charge in [-0.3, -0.25) is 4.99 Å². The maximum absolute atomic E-state index is 11.9. The third kappa shape index (κ3) is 7.86.